The first kappa shape index (κ1) is 21.0. The molecular weight excluding hydrogens is 384 g/mol. The van der Waals surface area contributed by atoms with Gasteiger partial charge in [0.15, 0.2) is 5.13 Å². The zero-order valence-electron chi connectivity index (χ0n) is 18.0. The van der Waals surface area contributed by atoms with E-state index in [1.165, 1.54) is 16.2 Å². The Morgan fingerprint density at radius 3 is 2.28 bits per heavy atom. The van der Waals surface area contributed by atoms with Gasteiger partial charge in [-0.05, 0) is 62.4 Å². The number of nitrogens with two attached hydrogens (primary N) is 1. The van der Waals surface area contributed by atoms with Gasteiger partial charge in [0.05, 0.1) is 5.69 Å². The predicted octanol–water partition coefficient (Wildman–Crippen LogP) is 5.83. The van der Waals surface area contributed by atoms with Crippen molar-refractivity contribution in [1.29, 1.82) is 0 Å². The van der Waals surface area contributed by atoms with Gasteiger partial charge in [0.2, 0.25) is 0 Å². The lowest BCUT2D eigenvalue weighted by molar-refractivity contribution is 0.195. The number of rotatable bonds is 2. The molecule has 0 aliphatic heterocycles. The minimum Gasteiger partial charge on any atom is -0.465 e. The van der Waals surface area contributed by atoms with Crippen molar-refractivity contribution < 1.29 is 9.90 Å². The van der Waals surface area contributed by atoms with E-state index in [-0.39, 0.29) is 5.41 Å². The number of hydrogen-bond acceptors (Lipinski definition) is 5. The standard InChI is InChI=1S/C22H28N4O2S/c1-12-10-13(23)8-9-14(12)17-15(21(2,3)4)11-16-18(25-17)29-19(24-16)26(20(27)28)22(5,6)7/h8-11H,23H2,1-7H3,(H,27,28). The molecule has 7 heteroatoms. The number of pyridine rings is 1. The van der Waals surface area contributed by atoms with Crippen LogP contribution < -0.4 is 10.6 Å². The number of nitrogens with zero attached hydrogens (tertiary/aromatic N) is 3. The maximum atomic E-state index is 11.9. The van der Waals surface area contributed by atoms with E-state index in [1.807, 2.05) is 52.0 Å². The van der Waals surface area contributed by atoms with Crippen molar-refractivity contribution in [1.82, 2.24) is 9.97 Å². The maximum absolute atomic E-state index is 11.9. The summed E-state index contributed by atoms with van der Waals surface area (Å²) in [6.07, 6.45) is -1.03. The number of hydrogen-bond donors (Lipinski definition) is 2. The average Bonchev–Trinajstić information content (AvgIpc) is 2.93. The van der Waals surface area contributed by atoms with Gasteiger partial charge in [-0.2, -0.15) is 0 Å². The molecule has 154 valence electrons. The molecule has 3 N–H and O–H groups in total. The molecule has 2 aromatic heterocycles. The second kappa shape index (κ2) is 6.99. The molecule has 0 saturated heterocycles. The second-order valence-corrected chi connectivity index (χ2v) is 10.3. The van der Waals surface area contributed by atoms with Crippen LogP contribution in [0.2, 0.25) is 0 Å². The molecule has 0 radical (unpaired) electrons. The van der Waals surface area contributed by atoms with Gasteiger partial charge in [0.1, 0.15) is 10.3 Å². The van der Waals surface area contributed by atoms with E-state index >= 15 is 0 Å². The predicted molar refractivity (Wildman–Crippen MR) is 121 cm³/mol. The van der Waals surface area contributed by atoms with Crippen LogP contribution in [0.5, 0.6) is 0 Å². The number of anilines is 2. The molecule has 1 aromatic carbocycles. The van der Waals surface area contributed by atoms with Crippen molar-refractivity contribution >= 4 is 38.6 Å². The van der Waals surface area contributed by atoms with Crippen LogP contribution in [-0.4, -0.2) is 26.7 Å². The van der Waals surface area contributed by atoms with Crippen LogP contribution >= 0.6 is 11.3 Å². The van der Waals surface area contributed by atoms with Crippen molar-refractivity contribution in [3.05, 3.63) is 35.4 Å². The third-order valence-electron chi connectivity index (χ3n) is 4.74. The van der Waals surface area contributed by atoms with Crippen molar-refractivity contribution in [3.8, 4) is 11.3 Å². The first-order valence-electron chi connectivity index (χ1n) is 9.51. The lowest BCUT2D eigenvalue weighted by Gasteiger charge is -2.30. The molecule has 0 spiro atoms. The van der Waals surface area contributed by atoms with Gasteiger partial charge in [-0.3, -0.25) is 0 Å². The summed E-state index contributed by atoms with van der Waals surface area (Å²) in [6.45, 7) is 14.0. The van der Waals surface area contributed by atoms with Gasteiger partial charge in [0.25, 0.3) is 0 Å². The number of nitrogen functional groups attached to an aromatic ring is 1. The molecule has 3 aromatic rings. The van der Waals surface area contributed by atoms with Crippen LogP contribution in [0.3, 0.4) is 0 Å². The fraction of sp³-hybridized carbons (Fsp3) is 0.409. The monoisotopic (exact) mass is 412 g/mol. The minimum absolute atomic E-state index is 0.162. The molecule has 1 amide bonds. The summed E-state index contributed by atoms with van der Waals surface area (Å²) < 4.78 is 0. The third kappa shape index (κ3) is 4.05. The highest BCUT2D eigenvalue weighted by Gasteiger charge is 2.31. The Morgan fingerprint density at radius 2 is 1.76 bits per heavy atom. The Morgan fingerprint density at radius 1 is 1.10 bits per heavy atom. The molecule has 2 heterocycles. The highest BCUT2D eigenvalue weighted by atomic mass is 32.1. The Hall–Kier alpha value is -2.67. The smallest absolute Gasteiger partial charge is 0.414 e. The van der Waals surface area contributed by atoms with Crippen molar-refractivity contribution in [2.75, 3.05) is 10.6 Å². The van der Waals surface area contributed by atoms with Gasteiger partial charge >= 0.3 is 6.09 Å². The molecule has 0 fully saturated rings. The Kier molecular flexibility index (Phi) is 5.07. The summed E-state index contributed by atoms with van der Waals surface area (Å²) in [6, 6.07) is 7.85. The summed E-state index contributed by atoms with van der Waals surface area (Å²) in [7, 11) is 0. The SMILES string of the molecule is Cc1cc(N)ccc1-c1nc2sc(N(C(=O)O)C(C)(C)C)nc2cc1C(C)(C)C. The molecule has 6 nitrogen and oxygen atoms in total. The highest BCUT2D eigenvalue weighted by molar-refractivity contribution is 7.22. The molecular formula is C22H28N4O2S. The molecule has 0 bridgehead atoms. The number of fused-ring (bicyclic) bond motifs is 1. The molecule has 0 unspecified atom stereocenters. The van der Waals surface area contributed by atoms with E-state index in [2.05, 4.69) is 25.8 Å². The molecule has 0 aliphatic carbocycles. The van der Waals surface area contributed by atoms with Gasteiger partial charge < -0.3 is 10.8 Å². The molecule has 0 aliphatic rings. The third-order valence-corrected chi connectivity index (χ3v) is 5.69. The van der Waals surface area contributed by atoms with E-state index in [1.54, 1.807) is 0 Å². The normalized spacial score (nSPS) is 12.4. The van der Waals surface area contributed by atoms with Crippen LogP contribution in [-0.2, 0) is 5.41 Å². The molecule has 29 heavy (non-hydrogen) atoms. The average molecular weight is 413 g/mol. The molecule has 0 saturated carbocycles. The number of aromatic nitrogens is 2. The largest absolute Gasteiger partial charge is 0.465 e. The lowest BCUT2D eigenvalue weighted by atomic mass is 9.83. The van der Waals surface area contributed by atoms with Crippen molar-refractivity contribution in [3.63, 3.8) is 0 Å². The number of carbonyl (C=O) groups is 1. The van der Waals surface area contributed by atoms with Crippen LogP contribution in [0.4, 0.5) is 15.6 Å². The summed E-state index contributed by atoms with van der Waals surface area (Å²) >= 11 is 1.30. The molecule has 0 atom stereocenters. The molecule has 3 rings (SSSR count). The van der Waals surface area contributed by atoms with E-state index in [4.69, 9.17) is 10.7 Å². The zero-order valence-corrected chi connectivity index (χ0v) is 18.8. The number of thiazole rings is 1. The maximum Gasteiger partial charge on any atom is 0.414 e. The minimum atomic E-state index is -1.03. The fourth-order valence-corrected chi connectivity index (χ4v) is 4.44. The van der Waals surface area contributed by atoms with Crippen LogP contribution in [0.15, 0.2) is 24.3 Å². The quantitative estimate of drug-likeness (QED) is 0.517. The van der Waals surface area contributed by atoms with Crippen LogP contribution in [0.1, 0.15) is 52.7 Å². The van der Waals surface area contributed by atoms with E-state index < -0.39 is 11.6 Å². The number of benzene rings is 1. The van der Waals surface area contributed by atoms with E-state index in [9.17, 15) is 9.90 Å². The number of carboxylic acid groups (broad SMARTS) is 1. The number of amides is 1. The van der Waals surface area contributed by atoms with Gasteiger partial charge in [-0.25, -0.2) is 19.7 Å². The first-order valence-corrected chi connectivity index (χ1v) is 10.3. The highest BCUT2D eigenvalue weighted by Crippen LogP contribution is 2.39. The number of aryl methyl sites for hydroxylation is 1. The van der Waals surface area contributed by atoms with E-state index in [0.29, 0.717) is 16.3 Å². The summed E-state index contributed by atoms with van der Waals surface area (Å²) in [5, 5.41) is 10.2. The van der Waals surface area contributed by atoms with Crippen molar-refractivity contribution in [2.24, 2.45) is 0 Å². The van der Waals surface area contributed by atoms with Gasteiger partial charge in [-0.1, -0.05) is 38.2 Å². The Labute approximate surface area is 175 Å². The Bertz CT molecular complexity index is 1090. The second-order valence-electron chi connectivity index (χ2n) is 9.32. The first-order chi connectivity index (χ1) is 13.3. The Balaban J connectivity index is 2.28. The summed E-state index contributed by atoms with van der Waals surface area (Å²) in [4.78, 5) is 23.5. The lowest BCUT2D eigenvalue weighted by Crippen LogP contribution is -2.45. The van der Waals surface area contributed by atoms with E-state index in [0.717, 1.165) is 27.2 Å². The van der Waals surface area contributed by atoms with Crippen LogP contribution in [0.25, 0.3) is 21.6 Å². The van der Waals surface area contributed by atoms with Crippen molar-refractivity contribution in [2.45, 2.75) is 59.4 Å². The van der Waals surface area contributed by atoms with Gasteiger partial charge in [0, 0.05) is 16.8 Å². The van der Waals surface area contributed by atoms with Crippen LogP contribution in [0, 0.1) is 6.92 Å². The van der Waals surface area contributed by atoms with Gasteiger partial charge in [-0.15, -0.1) is 0 Å². The zero-order chi connectivity index (χ0) is 21.7. The summed E-state index contributed by atoms with van der Waals surface area (Å²) in [5.41, 5.74) is 10.6. The summed E-state index contributed by atoms with van der Waals surface area (Å²) in [5.74, 6) is 0. The topological polar surface area (TPSA) is 92.3 Å². The fourth-order valence-electron chi connectivity index (χ4n) is 3.33.